The largest absolute Gasteiger partial charge is 0.407 e. The van der Waals surface area contributed by atoms with Crippen molar-refractivity contribution in [2.75, 3.05) is 11.9 Å². The summed E-state index contributed by atoms with van der Waals surface area (Å²) in [6, 6.07) is 21.8. The monoisotopic (exact) mass is 418 g/mol. The first kappa shape index (κ1) is 20.4. The molecule has 1 nitrogen and oxygen atoms in total. The van der Waals surface area contributed by atoms with Gasteiger partial charge in [0.25, 0.3) is 8.32 Å². The van der Waals surface area contributed by atoms with Gasteiger partial charge in [-0.1, -0.05) is 104 Å². The van der Waals surface area contributed by atoms with Gasteiger partial charge in [-0.25, -0.2) is 0 Å². The average molecular weight is 419 g/mol. The highest BCUT2D eigenvalue weighted by Gasteiger charge is 2.50. The Balaban J connectivity index is 2.46. The third kappa shape index (κ3) is 4.84. The highest BCUT2D eigenvalue weighted by molar-refractivity contribution is 9.09. The molecular formula is C22H31BrOSi. The highest BCUT2D eigenvalue weighted by atomic mass is 79.9. The molecule has 2 aromatic carbocycles. The molecular weight excluding hydrogens is 388 g/mol. The summed E-state index contributed by atoms with van der Waals surface area (Å²) in [5, 5.41) is 3.85. The standard InChI is InChI=1S/C22H31BrOSi/c1-19(12-11-17-23)18-24-25(22(2,3)4,20-13-7-5-8-14-20)21-15-9-6-10-16-21/h5-10,13-16,19H,11-12,17-18H2,1-4H3/t19-/m1/s1. The van der Waals surface area contributed by atoms with Gasteiger partial charge in [0.15, 0.2) is 0 Å². The fraction of sp³-hybridized carbons (Fsp3) is 0.455. The van der Waals surface area contributed by atoms with Gasteiger partial charge in [0, 0.05) is 11.9 Å². The van der Waals surface area contributed by atoms with E-state index in [4.69, 9.17) is 4.43 Å². The first-order valence-electron chi connectivity index (χ1n) is 9.23. The summed E-state index contributed by atoms with van der Waals surface area (Å²) in [6.45, 7) is 10.1. The molecule has 0 amide bonds. The predicted octanol–water partition coefficient (Wildman–Crippen LogP) is 5.37. The summed E-state index contributed by atoms with van der Waals surface area (Å²) >= 11 is 3.54. The van der Waals surface area contributed by atoms with Crippen LogP contribution in [0, 0.1) is 5.92 Å². The van der Waals surface area contributed by atoms with E-state index in [0.29, 0.717) is 5.92 Å². The van der Waals surface area contributed by atoms with Gasteiger partial charge in [0.1, 0.15) is 0 Å². The molecule has 0 radical (unpaired) electrons. The van der Waals surface area contributed by atoms with Crippen LogP contribution in [0.4, 0.5) is 0 Å². The van der Waals surface area contributed by atoms with Crippen LogP contribution >= 0.6 is 15.9 Å². The molecule has 0 fully saturated rings. The maximum absolute atomic E-state index is 6.95. The van der Waals surface area contributed by atoms with Crippen LogP contribution in [0.15, 0.2) is 60.7 Å². The summed E-state index contributed by atoms with van der Waals surface area (Å²) in [6.07, 6.45) is 2.40. The van der Waals surface area contributed by atoms with Gasteiger partial charge in [-0.05, 0) is 34.2 Å². The normalized spacial score (nSPS) is 13.6. The fourth-order valence-corrected chi connectivity index (χ4v) is 8.55. The zero-order chi connectivity index (χ0) is 18.3. The number of benzene rings is 2. The van der Waals surface area contributed by atoms with Gasteiger partial charge in [0.05, 0.1) is 0 Å². The topological polar surface area (TPSA) is 9.23 Å². The van der Waals surface area contributed by atoms with Crippen LogP contribution in [-0.2, 0) is 4.43 Å². The number of alkyl halides is 1. The summed E-state index contributed by atoms with van der Waals surface area (Å²) in [4.78, 5) is 0. The van der Waals surface area contributed by atoms with Crippen molar-refractivity contribution in [1.82, 2.24) is 0 Å². The Morgan fingerprint density at radius 1 is 0.920 bits per heavy atom. The summed E-state index contributed by atoms with van der Waals surface area (Å²) < 4.78 is 6.95. The molecule has 136 valence electrons. The van der Waals surface area contributed by atoms with Gasteiger partial charge >= 0.3 is 0 Å². The Morgan fingerprint density at radius 2 is 1.40 bits per heavy atom. The molecule has 0 spiro atoms. The quantitative estimate of drug-likeness (QED) is 0.413. The van der Waals surface area contributed by atoms with Crippen molar-refractivity contribution in [2.45, 2.75) is 45.6 Å². The maximum Gasteiger partial charge on any atom is 0.261 e. The molecule has 0 aliphatic heterocycles. The third-order valence-corrected chi connectivity index (χ3v) is 10.4. The third-order valence-electron chi connectivity index (χ3n) is 4.83. The molecule has 0 aliphatic carbocycles. The van der Waals surface area contributed by atoms with Crippen molar-refractivity contribution in [3.63, 3.8) is 0 Å². The van der Waals surface area contributed by atoms with Crippen LogP contribution in [-0.4, -0.2) is 20.3 Å². The van der Waals surface area contributed by atoms with Crippen molar-refractivity contribution in [1.29, 1.82) is 0 Å². The first-order valence-corrected chi connectivity index (χ1v) is 12.3. The van der Waals surface area contributed by atoms with E-state index in [1.165, 1.54) is 23.2 Å². The first-order chi connectivity index (χ1) is 11.9. The summed E-state index contributed by atoms with van der Waals surface area (Å²) in [7, 11) is -2.36. The van der Waals surface area contributed by atoms with Gasteiger partial charge < -0.3 is 4.43 Å². The van der Waals surface area contributed by atoms with Crippen LogP contribution in [0.3, 0.4) is 0 Å². The number of hydrogen-bond acceptors (Lipinski definition) is 1. The SMILES string of the molecule is C[C@H](CCCBr)CO[Si](c1ccccc1)(c1ccccc1)C(C)(C)C. The highest BCUT2D eigenvalue weighted by Crippen LogP contribution is 2.37. The number of rotatable bonds is 8. The molecule has 0 saturated carbocycles. The van der Waals surface area contributed by atoms with Gasteiger partial charge in [-0.2, -0.15) is 0 Å². The fourth-order valence-electron chi connectivity index (χ4n) is 3.54. The van der Waals surface area contributed by atoms with Crippen molar-refractivity contribution in [3.05, 3.63) is 60.7 Å². The lowest BCUT2D eigenvalue weighted by atomic mass is 10.1. The molecule has 1 atom stereocenters. The van der Waals surface area contributed by atoms with E-state index in [9.17, 15) is 0 Å². The minimum atomic E-state index is -2.36. The van der Waals surface area contributed by atoms with Crippen LogP contribution in [0.1, 0.15) is 40.5 Å². The molecule has 25 heavy (non-hydrogen) atoms. The minimum absolute atomic E-state index is 0.0604. The molecule has 0 bridgehead atoms. The zero-order valence-corrected chi connectivity index (χ0v) is 18.6. The van der Waals surface area contributed by atoms with Crippen LogP contribution in [0.2, 0.25) is 5.04 Å². The smallest absolute Gasteiger partial charge is 0.261 e. The zero-order valence-electron chi connectivity index (χ0n) is 16.0. The van der Waals surface area contributed by atoms with E-state index < -0.39 is 8.32 Å². The molecule has 0 N–H and O–H groups in total. The minimum Gasteiger partial charge on any atom is -0.407 e. The number of halogens is 1. The van der Waals surface area contributed by atoms with Crippen molar-refractivity contribution in [3.8, 4) is 0 Å². The van der Waals surface area contributed by atoms with Crippen molar-refractivity contribution >= 4 is 34.6 Å². The Hall–Kier alpha value is -0.903. The molecule has 2 aromatic rings. The van der Waals surface area contributed by atoms with E-state index in [2.05, 4.69) is 104 Å². The Labute approximate surface area is 163 Å². The molecule has 0 aromatic heterocycles. The molecule has 0 unspecified atom stereocenters. The lowest BCUT2D eigenvalue weighted by Gasteiger charge is -2.43. The Morgan fingerprint density at radius 3 is 1.80 bits per heavy atom. The van der Waals surface area contributed by atoms with Crippen molar-refractivity contribution < 1.29 is 4.43 Å². The van der Waals surface area contributed by atoms with Gasteiger partial charge in [0.2, 0.25) is 0 Å². The molecule has 3 heteroatoms. The number of hydrogen-bond donors (Lipinski definition) is 0. The van der Waals surface area contributed by atoms with E-state index in [-0.39, 0.29) is 5.04 Å². The van der Waals surface area contributed by atoms with E-state index in [1.54, 1.807) is 0 Å². The van der Waals surface area contributed by atoms with Crippen LogP contribution in [0.5, 0.6) is 0 Å². The Kier molecular flexibility index (Phi) is 7.47. The average Bonchev–Trinajstić information content (AvgIpc) is 2.61. The molecule has 0 aliphatic rings. The van der Waals surface area contributed by atoms with Crippen LogP contribution < -0.4 is 10.4 Å². The lowest BCUT2D eigenvalue weighted by molar-refractivity contribution is 0.237. The Bertz CT molecular complexity index is 582. The second-order valence-corrected chi connectivity index (χ2v) is 13.0. The van der Waals surface area contributed by atoms with Gasteiger partial charge in [-0.15, -0.1) is 0 Å². The van der Waals surface area contributed by atoms with E-state index in [0.717, 1.165) is 11.9 Å². The predicted molar refractivity (Wildman–Crippen MR) is 116 cm³/mol. The van der Waals surface area contributed by atoms with E-state index >= 15 is 0 Å². The lowest BCUT2D eigenvalue weighted by Crippen LogP contribution is -2.66. The second-order valence-electron chi connectivity index (χ2n) is 7.91. The van der Waals surface area contributed by atoms with Gasteiger partial charge in [-0.3, -0.25) is 0 Å². The molecule has 2 rings (SSSR count). The van der Waals surface area contributed by atoms with Crippen LogP contribution in [0.25, 0.3) is 0 Å². The second kappa shape index (κ2) is 9.16. The summed E-state index contributed by atoms with van der Waals surface area (Å²) in [5.74, 6) is 0.569. The maximum atomic E-state index is 6.95. The molecule has 0 heterocycles. The molecule has 0 saturated heterocycles. The van der Waals surface area contributed by atoms with E-state index in [1.807, 2.05) is 0 Å². The summed E-state index contributed by atoms with van der Waals surface area (Å²) in [5.41, 5.74) is 0. The van der Waals surface area contributed by atoms with Crippen molar-refractivity contribution in [2.24, 2.45) is 5.92 Å².